The normalized spacial score (nSPS) is 20.4. The van der Waals surface area contributed by atoms with E-state index in [0.717, 1.165) is 43.2 Å². The highest BCUT2D eigenvalue weighted by Crippen LogP contribution is 2.33. The smallest absolute Gasteiger partial charge is 0.328 e. The summed E-state index contributed by atoms with van der Waals surface area (Å²) in [6.45, 7) is 1.79. The molecule has 13 heteroatoms. The van der Waals surface area contributed by atoms with Gasteiger partial charge < -0.3 is 29.2 Å². The highest BCUT2D eigenvalue weighted by Gasteiger charge is 2.31. The van der Waals surface area contributed by atoms with E-state index in [0.29, 0.717) is 54.8 Å². The van der Waals surface area contributed by atoms with Crippen molar-refractivity contribution in [2.75, 3.05) is 63.2 Å². The molecule has 2 aromatic heterocycles. The predicted octanol–water partition coefficient (Wildman–Crippen LogP) is 2.96. The van der Waals surface area contributed by atoms with Crippen LogP contribution in [0.15, 0.2) is 18.3 Å². The van der Waals surface area contributed by atoms with Crippen molar-refractivity contribution < 1.29 is 28.5 Å². The number of nitriles is 1. The number of ether oxygens (including phenoxy) is 4. The lowest BCUT2D eigenvalue weighted by atomic mass is 10.0. The molecule has 1 saturated heterocycles. The molecular weight excluding hydrogens is 542 g/mol. The molecule has 2 N–H and O–H groups in total. The molecule has 0 spiro atoms. The van der Waals surface area contributed by atoms with Crippen LogP contribution in [-0.4, -0.2) is 86.6 Å². The number of carbonyl (C=O) groups is 2. The lowest BCUT2D eigenvalue weighted by molar-refractivity contribution is -0.143. The first-order valence-electron chi connectivity index (χ1n) is 14.2. The summed E-state index contributed by atoms with van der Waals surface area (Å²) in [6.07, 6.45) is 5.11. The van der Waals surface area contributed by atoms with Crippen molar-refractivity contribution in [1.82, 2.24) is 14.9 Å². The number of hydrogen-bond acceptors (Lipinski definition) is 10. The Balaban J connectivity index is 1.40. The minimum atomic E-state index is -0.784. The van der Waals surface area contributed by atoms with Gasteiger partial charge in [-0.15, -0.1) is 0 Å². The number of aryl methyl sites for hydroxylation is 1. The Morgan fingerprint density at radius 1 is 1.21 bits per heavy atom. The summed E-state index contributed by atoms with van der Waals surface area (Å²) >= 11 is 0. The molecule has 1 aliphatic carbocycles. The van der Waals surface area contributed by atoms with Gasteiger partial charge in [0.25, 0.3) is 0 Å². The monoisotopic (exact) mass is 579 g/mol. The van der Waals surface area contributed by atoms with Gasteiger partial charge in [-0.05, 0) is 49.3 Å². The average Bonchev–Trinajstić information content (AvgIpc) is 3.46. The third-order valence-corrected chi connectivity index (χ3v) is 7.97. The van der Waals surface area contributed by atoms with Gasteiger partial charge in [0.1, 0.15) is 30.0 Å². The largest absolute Gasteiger partial charge is 0.379 e. The minimum absolute atomic E-state index is 0.0495. The van der Waals surface area contributed by atoms with E-state index in [1.807, 2.05) is 6.07 Å². The zero-order valence-electron chi connectivity index (χ0n) is 24.2. The zero-order chi connectivity index (χ0) is 29.6. The maximum Gasteiger partial charge on any atom is 0.328 e. The number of nitrogens with one attached hydrogen (secondary N) is 2. The van der Waals surface area contributed by atoms with Gasteiger partial charge in [-0.2, -0.15) is 5.26 Å². The van der Waals surface area contributed by atoms with Gasteiger partial charge in [-0.25, -0.2) is 14.8 Å². The molecule has 1 saturated carbocycles. The van der Waals surface area contributed by atoms with Crippen molar-refractivity contribution in [2.24, 2.45) is 0 Å². The van der Waals surface area contributed by atoms with Crippen LogP contribution in [0.2, 0.25) is 0 Å². The molecule has 1 unspecified atom stereocenters. The van der Waals surface area contributed by atoms with E-state index in [1.54, 1.807) is 23.0 Å². The molecular formula is C29H37N7O6. The summed E-state index contributed by atoms with van der Waals surface area (Å²) in [5.74, 6) is 0.729. The van der Waals surface area contributed by atoms with Crippen LogP contribution < -0.4 is 15.5 Å². The molecule has 0 bridgehead atoms. The predicted molar refractivity (Wildman–Crippen MR) is 153 cm³/mol. The number of nitrogens with zero attached hydrogens (tertiary/aromatic N) is 5. The van der Waals surface area contributed by atoms with Crippen LogP contribution in [0, 0.1) is 11.3 Å². The molecule has 3 amide bonds. The molecule has 4 heterocycles. The second kappa shape index (κ2) is 13.4. The van der Waals surface area contributed by atoms with Gasteiger partial charge in [0, 0.05) is 53.2 Å². The van der Waals surface area contributed by atoms with Gasteiger partial charge in [-0.1, -0.05) is 0 Å². The maximum atomic E-state index is 13.6. The molecule has 5 rings (SSSR count). The number of methoxy groups -OCH3 is 3. The standard InChI is InChI=1S/C29H37N7O6/c1-39-23-8-4-7-21(23)32-22-13-24(31-15-20(22)14-30)33-29(38)36-9-5-6-18-12-19(16-35-10-11-42-17-25(35)37)26(34-27(18)36)28(40-2)41-3/h12-13,15,21,23,28H,4-11,16-17H2,1-3H3,(H2,31,32,33,38)/t21?,23-/m1/s1. The van der Waals surface area contributed by atoms with Crippen LogP contribution in [0.3, 0.4) is 0 Å². The van der Waals surface area contributed by atoms with Gasteiger partial charge in [-0.3, -0.25) is 15.0 Å². The summed E-state index contributed by atoms with van der Waals surface area (Å²) in [6, 6.07) is 5.51. The summed E-state index contributed by atoms with van der Waals surface area (Å²) in [4.78, 5) is 38.5. The SMILES string of the molecule is COC(OC)c1nc2c(cc1CN1CCOCC1=O)CCCN2C(=O)Nc1cc(NC2CCC[C@H]2OC)c(C#N)cn1. The van der Waals surface area contributed by atoms with Crippen molar-refractivity contribution in [3.63, 3.8) is 0 Å². The number of rotatable bonds is 9. The molecule has 0 radical (unpaired) electrons. The van der Waals surface area contributed by atoms with Gasteiger partial charge in [0.05, 0.1) is 30.0 Å². The molecule has 2 fully saturated rings. The molecule has 42 heavy (non-hydrogen) atoms. The van der Waals surface area contributed by atoms with E-state index in [2.05, 4.69) is 21.7 Å². The second-order valence-electron chi connectivity index (χ2n) is 10.6. The van der Waals surface area contributed by atoms with Gasteiger partial charge in [0.2, 0.25) is 12.2 Å². The summed E-state index contributed by atoms with van der Waals surface area (Å²) in [5.41, 5.74) is 3.18. The molecule has 224 valence electrons. The fourth-order valence-corrected chi connectivity index (χ4v) is 5.81. The minimum Gasteiger partial charge on any atom is -0.379 e. The lowest BCUT2D eigenvalue weighted by Gasteiger charge is -2.32. The third kappa shape index (κ3) is 6.32. The fourth-order valence-electron chi connectivity index (χ4n) is 5.81. The summed E-state index contributed by atoms with van der Waals surface area (Å²) < 4.78 is 22.0. The third-order valence-electron chi connectivity index (χ3n) is 7.97. The van der Waals surface area contributed by atoms with Gasteiger partial charge >= 0.3 is 6.03 Å². The topological polar surface area (TPSA) is 151 Å². The summed E-state index contributed by atoms with van der Waals surface area (Å²) in [7, 11) is 4.73. The van der Waals surface area contributed by atoms with Crippen LogP contribution in [0.5, 0.6) is 0 Å². The number of pyridine rings is 2. The van der Waals surface area contributed by atoms with Crippen LogP contribution in [0.25, 0.3) is 0 Å². The van der Waals surface area contributed by atoms with Crippen molar-refractivity contribution in [2.45, 2.75) is 57.1 Å². The summed E-state index contributed by atoms with van der Waals surface area (Å²) in [5, 5.41) is 15.9. The van der Waals surface area contributed by atoms with Crippen LogP contribution in [0.4, 0.5) is 22.1 Å². The van der Waals surface area contributed by atoms with Crippen LogP contribution in [-0.2, 0) is 36.7 Å². The molecule has 2 atom stereocenters. The van der Waals surface area contributed by atoms with Crippen LogP contribution >= 0.6 is 0 Å². The number of aromatic nitrogens is 2. The number of amides is 3. The maximum absolute atomic E-state index is 13.6. The number of fused-ring (bicyclic) bond motifs is 1. The van der Waals surface area contributed by atoms with Crippen LogP contribution in [0.1, 0.15) is 54.4 Å². The number of hydrogen-bond donors (Lipinski definition) is 2. The first-order valence-corrected chi connectivity index (χ1v) is 14.2. The van der Waals surface area contributed by atoms with E-state index >= 15 is 0 Å². The Labute approximate surface area is 245 Å². The number of urea groups is 1. The van der Waals surface area contributed by atoms with Crippen molar-refractivity contribution in [3.8, 4) is 6.07 Å². The molecule has 0 aromatic carbocycles. The highest BCUT2D eigenvalue weighted by atomic mass is 16.7. The Hall–Kier alpha value is -3.83. The number of morpholine rings is 1. The zero-order valence-corrected chi connectivity index (χ0v) is 24.2. The van der Waals surface area contributed by atoms with E-state index in [1.165, 1.54) is 20.4 Å². The Bertz CT molecular complexity index is 1340. The van der Waals surface area contributed by atoms with E-state index in [-0.39, 0.29) is 24.7 Å². The first kappa shape index (κ1) is 29.7. The quantitative estimate of drug-likeness (QED) is 0.424. The van der Waals surface area contributed by atoms with Crippen molar-refractivity contribution in [3.05, 3.63) is 40.7 Å². The molecule has 3 aliphatic rings. The van der Waals surface area contributed by atoms with Crippen molar-refractivity contribution in [1.29, 1.82) is 5.26 Å². The highest BCUT2D eigenvalue weighted by molar-refractivity contribution is 6.01. The fraction of sp³-hybridized carbons (Fsp3) is 0.552. The lowest BCUT2D eigenvalue weighted by Crippen LogP contribution is -2.42. The van der Waals surface area contributed by atoms with Gasteiger partial charge in [0.15, 0.2) is 0 Å². The Morgan fingerprint density at radius 3 is 2.79 bits per heavy atom. The Morgan fingerprint density at radius 2 is 2.05 bits per heavy atom. The molecule has 13 nitrogen and oxygen atoms in total. The van der Waals surface area contributed by atoms with E-state index in [4.69, 9.17) is 23.9 Å². The van der Waals surface area contributed by atoms with E-state index < -0.39 is 12.3 Å². The van der Waals surface area contributed by atoms with Crippen molar-refractivity contribution >= 4 is 29.3 Å². The number of anilines is 3. The average molecular weight is 580 g/mol. The molecule has 2 aromatic rings. The number of carbonyl (C=O) groups excluding carboxylic acids is 2. The molecule has 2 aliphatic heterocycles. The second-order valence-corrected chi connectivity index (χ2v) is 10.6. The van der Waals surface area contributed by atoms with E-state index in [9.17, 15) is 14.9 Å². The first-order chi connectivity index (χ1) is 20.4. The Kier molecular flexibility index (Phi) is 9.48.